The zero-order valence-electron chi connectivity index (χ0n) is 14.5. The monoisotopic (exact) mass is 380 g/mol. The third-order valence-electron chi connectivity index (χ3n) is 3.61. The van der Waals surface area contributed by atoms with Crippen LogP contribution in [0.4, 0.5) is 11.4 Å². The number of aryl methyl sites for hydroxylation is 1. The molecule has 0 aromatic heterocycles. The number of nitro benzene ring substituents is 1. The molecule has 0 heterocycles. The average molecular weight is 380 g/mol. The predicted octanol–water partition coefficient (Wildman–Crippen LogP) is 2.99. The molecule has 0 amide bonds. The molecule has 0 radical (unpaired) electrons. The van der Waals surface area contributed by atoms with Crippen LogP contribution in [0.5, 0.6) is 11.5 Å². The first-order valence-corrected chi connectivity index (χ1v) is 9.54. The van der Waals surface area contributed by atoms with E-state index in [0.717, 1.165) is 18.1 Å². The Morgan fingerprint density at radius 2 is 1.85 bits per heavy atom. The Morgan fingerprint density at radius 1 is 1.15 bits per heavy atom. The van der Waals surface area contributed by atoms with E-state index >= 15 is 0 Å². The molecule has 8 nitrogen and oxygen atoms in total. The molecule has 0 aliphatic rings. The lowest BCUT2D eigenvalue weighted by Gasteiger charge is -2.12. The van der Waals surface area contributed by atoms with Gasteiger partial charge in [-0.1, -0.05) is 19.1 Å². The van der Waals surface area contributed by atoms with Crippen LogP contribution in [0.1, 0.15) is 12.5 Å². The van der Waals surface area contributed by atoms with Gasteiger partial charge in [0.25, 0.3) is 5.69 Å². The fourth-order valence-electron chi connectivity index (χ4n) is 2.20. The molecule has 1 N–H and O–H groups in total. The largest absolute Gasteiger partial charge is 0.495 e. The van der Waals surface area contributed by atoms with Gasteiger partial charge in [0, 0.05) is 12.1 Å². The molecule has 2 rings (SSSR count). The van der Waals surface area contributed by atoms with E-state index in [1.54, 1.807) is 12.1 Å². The van der Waals surface area contributed by atoms with Crippen LogP contribution in [0.2, 0.25) is 0 Å². The van der Waals surface area contributed by atoms with Gasteiger partial charge in [0.15, 0.2) is 0 Å². The van der Waals surface area contributed by atoms with Gasteiger partial charge >= 0.3 is 0 Å². The van der Waals surface area contributed by atoms with Crippen molar-refractivity contribution in [1.82, 2.24) is 0 Å². The van der Waals surface area contributed by atoms with Crippen LogP contribution in [-0.2, 0) is 16.4 Å². The zero-order chi connectivity index (χ0) is 19.2. The molecule has 0 atom stereocenters. The lowest BCUT2D eigenvalue weighted by molar-refractivity contribution is -0.384. The summed E-state index contributed by atoms with van der Waals surface area (Å²) in [5.74, 6) is 0.453. The summed E-state index contributed by atoms with van der Waals surface area (Å²) in [4.78, 5) is 10.2. The van der Waals surface area contributed by atoms with Crippen molar-refractivity contribution < 1.29 is 22.8 Å². The molecule has 0 saturated heterocycles. The number of sulfonamides is 1. The number of hydrogen-bond donors (Lipinski definition) is 1. The highest BCUT2D eigenvalue weighted by Crippen LogP contribution is 2.29. The van der Waals surface area contributed by atoms with Gasteiger partial charge in [-0.3, -0.25) is 14.8 Å². The minimum atomic E-state index is -3.77. The van der Waals surface area contributed by atoms with Crippen LogP contribution in [0.15, 0.2) is 42.5 Å². The van der Waals surface area contributed by atoms with Crippen LogP contribution in [0, 0.1) is 10.1 Å². The molecule has 0 unspecified atom stereocenters. The minimum absolute atomic E-state index is 0.00833. The summed E-state index contributed by atoms with van der Waals surface area (Å²) in [6.45, 7) is 1.98. The fraction of sp³-hybridized carbons (Fsp3) is 0.294. The molecule has 2 aromatic carbocycles. The maximum atomic E-state index is 12.2. The van der Waals surface area contributed by atoms with Gasteiger partial charge in [0.2, 0.25) is 10.0 Å². The summed E-state index contributed by atoms with van der Waals surface area (Å²) in [6, 6.07) is 11.1. The summed E-state index contributed by atoms with van der Waals surface area (Å²) in [5.41, 5.74) is 0.925. The van der Waals surface area contributed by atoms with E-state index < -0.39 is 14.9 Å². The first-order chi connectivity index (χ1) is 12.3. The Bertz CT molecular complexity index is 865. The second-order valence-corrected chi connectivity index (χ2v) is 7.25. The highest BCUT2D eigenvalue weighted by atomic mass is 32.2. The lowest BCUT2D eigenvalue weighted by atomic mass is 10.2. The third-order valence-corrected chi connectivity index (χ3v) is 4.85. The van der Waals surface area contributed by atoms with Gasteiger partial charge in [0.1, 0.15) is 23.9 Å². The van der Waals surface area contributed by atoms with E-state index in [1.165, 1.54) is 19.2 Å². The van der Waals surface area contributed by atoms with Gasteiger partial charge in [-0.15, -0.1) is 0 Å². The highest BCUT2D eigenvalue weighted by Gasteiger charge is 2.17. The molecule has 0 aliphatic carbocycles. The molecule has 2 aromatic rings. The first-order valence-electron chi connectivity index (χ1n) is 7.89. The summed E-state index contributed by atoms with van der Waals surface area (Å²) in [7, 11) is -2.42. The number of nitro groups is 1. The highest BCUT2D eigenvalue weighted by molar-refractivity contribution is 7.92. The van der Waals surface area contributed by atoms with Crippen LogP contribution >= 0.6 is 0 Å². The number of anilines is 1. The van der Waals surface area contributed by atoms with E-state index in [2.05, 4.69) is 4.72 Å². The standard InChI is InChI=1S/C17H20N2O6S/c1-3-13-4-7-15(8-5-13)25-10-11-26(22,23)18-16-12-14(19(20)21)6-9-17(16)24-2/h4-9,12,18H,3,10-11H2,1-2H3. The van der Waals surface area contributed by atoms with Crippen molar-refractivity contribution in [2.75, 3.05) is 24.2 Å². The molecule has 0 fully saturated rings. The van der Waals surface area contributed by atoms with Gasteiger partial charge in [0.05, 0.1) is 17.7 Å². The Labute approximate surface area is 152 Å². The molecule has 0 saturated carbocycles. The summed E-state index contributed by atoms with van der Waals surface area (Å²) < 4.78 is 37.2. The molecule has 140 valence electrons. The fourth-order valence-corrected chi connectivity index (χ4v) is 3.10. The Kier molecular flexibility index (Phi) is 6.40. The Balaban J connectivity index is 2.01. The Hall–Kier alpha value is -2.81. The quantitative estimate of drug-likeness (QED) is 0.529. The average Bonchev–Trinajstić information content (AvgIpc) is 2.61. The number of rotatable bonds is 9. The van der Waals surface area contributed by atoms with Crippen molar-refractivity contribution in [2.45, 2.75) is 13.3 Å². The summed E-state index contributed by atoms with van der Waals surface area (Å²) in [6.07, 6.45) is 0.906. The number of benzene rings is 2. The Morgan fingerprint density at radius 3 is 2.42 bits per heavy atom. The van der Waals surface area contributed by atoms with Gasteiger partial charge in [-0.2, -0.15) is 0 Å². The zero-order valence-corrected chi connectivity index (χ0v) is 15.3. The number of methoxy groups -OCH3 is 1. The van der Waals surface area contributed by atoms with E-state index in [1.807, 2.05) is 19.1 Å². The molecule has 0 bridgehead atoms. The number of nitrogens with zero attached hydrogens (tertiary/aromatic N) is 1. The molecule has 0 aliphatic heterocycles. The third kappa shape index (κ3) is 5.35. The van der Waals surface area contributed by atoms with E-state index in [0.29, 0.717) is 5.75 Å². The number of nitrogens with one attached hydrogen (secondary N) is 1. The van der Waals surface area contributed by atoms with E-state index in [-0.39, 0.29) is 29.5 Å². The van der Waals surface area contributed by atoms with Gasteiger partial charge < -0.3 is 9.47 Å². The summed E-state index contributed by atoms with van der Waals surface area (Å²) >= 11 is 0. The van der Waals surface area contributed by atoms with Crippen molar-refractivity contribution >= 4 is 21.4 Å². The van der Waals surface area contributed by atoms with Crippen molar-refractivity contribution in [3.63, 3.8) is 0 Å². The van der Waals surface area contributed by atoms with Crippen molar-refractivity contribution in [3.8, 4) is 11.5 Å². The minimum Gasteiger partial charge on any atom is -0.495 e. The van der Waals surface area contributed by atoms with Crippen LogP contribution in [-0.4, -0.2) is 32.8 Å². The van der Waals surface area contributed by atoms with Crippen molar-refractivity contribution in [2.24, 2.45) is 0 Å². The van der Waals surface area contributed by atoms with Crippen molar-refractivity contribution in [3.05, 3.63) is 58.1 Å². The summed E-state index contributed by atoms with van der Waals surface area (Å²) in [5, 5.41) is 10.9. The second-order valence-electron chi connectivity index (χ2n) is 5.41. The normalized spacial score (nSPS) is 11.0. The van der Waals surface area contributed by atoms with Gasteiger partial charge in [-0.05, 0) is 30.2 Å². The molecule has 0 spiro atoms. The maximum absolute atomic E-state index is 12.2. The van der Waals surface area contributed by atoms with Crippen molar-refractivity contribution in [1.29, 1.82) is 0 Å². The topological polar surface area (TPSA) is 108 Å². The number of non-ortho nitro benzene ring substituents is 1. The second kappa shape index (κ2) is 8.52. The van der Waals surface area contributed by atoms with Gasteiger partial charge in [-0.25, -0.2) is 8.42 Å². The SMILES string of the molecule is CCc1ccc(OCCS(=O)(=O)Nc2cc([N+](=O)[O-])ccc2OC)cc1. The molecule has 26 heavy (non-hydrogen) atoms. The molecular formula is C17H20N2O6S. The van der Waals surface area contributed by atoms with E-state index in [9.17, 15) is 18.5 Å². The van der Waals surface area contributed by atoms with E-state index in [4.69, 9.17) is 9.47 Å². The smallest absolute Gasteiger partial charge is 0.271 e. The van der Waals surface area contributed by atoms with Crippen LogP contribution < -0.4 is 14.2 Å². The van der Waals surface area contributed by atoms with Crippen LogP contribution in [0.3, 0.4) is 0 Å². The number of ether oxygens (including phenoxy) is 2. The molecular weight excluding hydrogens is 360 g/mol. The lowest BCUT2D eigenvalue weighted by Crippen LogP contribution is -2.21. The maximum Gasteiger partial charge on any atom is 0.271 e. The number of hydrogen-bond acceptors (Lipinski definition) is 6. The molecule has 9 heteroatoms. The predicted molar refractivity (Wildman–Crippen MR) is 98.4 cm³/mol. The van der Waals surface area contributed by atoms with Crippen LogP contribution in [0.25, 0.3) is 0 Å². The first kappa shape index (κ1) is 19.5.